The zero-order valence-corrected chi connectivity index (χ0v) is 17.5. The van der Waals surface area contributed by atoms with Crippen molar-refractivity contribution < 1.29 is 9.47 Å². The van der Waals surface area contributed by atoms with Crippen LogP contribution in [0, 0.1) is 0 Å². The summed E-state index contributed by atoms with van der Waals surface area (Å²) in [4.78, 5) is 4.79. The third kappa shape index (κ3) is 3.84. The third-order valence-electron chi connectivity index (χ3n) is 4.61. The fraction of sp³-hybridized carbons (Fsp3) is 0.136. The molecule has 5 nitrogen and oxygen atoms in total. The summed E-state index contributed by atoms with van der Waals surface area (Å²) in [6.45, 7) is 0.609. The molecule has 0 radical (unpaired) electrons. The maximum Gasteiger partial charge on any atom is 0.158 e. The summed E-state index contributed by atoms with van der Waals surface area (Å²) >= 11 is 12.7. The molecule has 0 saturated carbocycles. The van der Waals surface area contributed by atoms with Crippen molar-refractivity contribution in [1.82, 2.24) is 9.38 Å². The topological polar surface area (TPSA) is 47.8 Å². The van der Waals surface area contributed by atoms with Crippen LogP contribution in [0.15, 0.2) is 60.8 Å². The first-order valence-electron chi connectivity index (χ1n) is 8.98. The van der Waals surface area contributed by atoms with E-state index in [9.17, 15) is 0 Å². The molecule has 4 aromatic rings. The Morgan fingerprint density at radius 1 is 1.00 bits per heavy atom. The molecule has 0 bridgehead atoms. The van der Waals surface area contributed by atoms with E-state index in [4.69, 9.17) is 37.7 Å². The maximum absolute atomic E-state index is 6.43. The molecule has 0 atom stereocenters. The van der Waals surface area contributed by atoms with Gasteiger partial charge in [0.25, 0.3) is 0 Å². The van der Waals surface area contributed by atoms with Gasteiger partial charge in [-0.2, -0.15) is 0 Å². The smallest absolute Gasteiger partial charge is 0.158 e. The van der Waals surface area contributed by atoms with Gasteiger partial charge in [0.15, 0.2) is 5.65 Å². The lowest BCUT2D eigenvalue weighted by atomic mass is 10.1. The van der Waals surface area contributed by atoms with Crippen molar-refractivity contribution in [2.45, 2.75) is 6.54 Å². The number of fused-ring (bicyclic) bond motifs is 1. The van der Waals surface area contributed by atoms with E-state index in [1.807, 2.05) is 40.8 Å². The van der Waals surface area contributed by atoms with Gasteiger partial charge in [0.05, 0.1) is 24.3 Å². The molecule has 0 unspecified atom stereocenters. The number of hydrogen-bond acceptors (Lipinski definition) is 4. The van der Waals surface area contributed by atoms with E-state index in [-0.39, 0.29) is 0 Å². The van der Waals surface area contributed by atoms with Gasteiger partial charge < -0.3 is 14.8 Å². The zero-order chi connectivity index (χ0) is 20.4. The van der Waals surface area contributed by atoms with Gasteiger partial charge in [-0.15, -0.1) is 0 Å². The van der Waals surface area contributed by atoms with E-state index in [1.165, 1.54) is 0 Å². The summed E-state index contributed by atoms with van der Waals surface area (Å²) in [7, 11) is 3.25. The van der Waals surface area contributed by atoms with Crippen LogP contribution in [0.2, 0.25) is 10.0 Å². The molecule has 0 aliphatic rings. The lowest BCUT2D eigenvalue weighted by molar-refractivity contribution is 0.404. The Morgan fingerprint density at radius 3 is 2.52 bits per heavy atom. The van der Waals surface area contributed by atoms with Crippen LogP contribution in [0.3, 0.4) is 0 Å². The van der Waals surface area contributed by atoms with Crippen LogP contribution in [-0.4, -0.2) is 23.6 Å². The van der Waals surface area contributed by atoms with Crippen molar-refractivity contribution in [1.29, 1.82) is 0 Å². The van der Waals surface area contributed by atoms with Gasteiger partial charge in [0, 0.05) is 18.3 Å². The average Bonchev–Trinajstić information content (AvgIpc) is 3.11. The van der Waals surface area contributed by atoms with Crippen LogP contribution in [0.4, 0.5) is 5.82 Å². The van der Waals surface area contributed by atoms with E-state index in [2.05, 4.69) is 17.4 Å². The number of aromatic nitrogens is 2. The highest BCUT2D eigenvalue weighted by Gasteiger charge is 2.20. The lowest BCUT2D eigenvalue weighted by Gasteiger charge is -2.12. The Hall–Kier alpha value is -2.89. The molecule has 2 aromatic carbocycles. The zero-order valence-electron chi connectivity index (χ0n) is 15.9. The quantitative estimate of drug-likeness (QED) is 0.413. The van der Waals surface area contributed by atoms with Gasteiger partial charge in [-0.3, -0.25) is 4.40 Å². The lowest BCUT2D eigenvalue weighted by Crippen LogP contribution is -2.04. The molecule has 0 aliphatic carbocycles. The summed E-state index contributed by atoms with van der Waals surface area (Å²) in [5, 5.41) is 4.47. The molecule has 2 aromatic heterocycles. The SMILES string of the molecule is COc1ccc(OC)c(-c2nc3c(Cl)cc(Cl)cn3c2NCc2ccccc2)c1. The first-order chi connectivity index (χ1) is 14.1. The Kier molecular flexibility index (Phi) is 5.51. The number of nitrogens with zero attached hydrogens (tertiary/aromatic N) is 2. The van der Waals surface area contributed by atoms with Crippen LogP contribution >= 0.6 is 23.2 Å². The summed E-state index contributed by atoms with van der Waals surface area (Å²) in [5.74, 6) is 2.15. The Bertz CT molecular complexity index is 1160. The fourth-order valence-corrected chi connectivity index (χ4v) is 3.72. The standard InChI is InChI=1S/C22H19Cl2N3O2/c1-28-16-8-9-19(29-2)17(11-16)20-22(25-12-14-6-4-3-5-7-14)27-13-15(23)10-18(24)21(27)26-20/h3-11,13,25H,12H2,1-2H3. The Labute approximate surface area is 178 Å². The van der Waals surface area contributed by atoms with E-state index >= 15 is 0 Å². The summed E-state index contributed by atoms with van der Waals surface area (Å²) in [5.41, 5.74) is 3.23. The number of methoxy groups -OCH3 is 2. The van der Waals surface area contributed by atoms with Crippen LogP contribution in [-0.2, 0) is 6.54 Å². The molecule has 0 aliphatic heterocycles. The molecule has 2 heterocycles. The molecule has 0 spiro atoms. The summed E-state index contributed by atoms with van der Waals surface area (Å²) in [6, 6.07) is 17.4. The molecule has 4 rings (SSSR count). The molecular weight excluding hydrogens is 409 g/mol. The predicted octanol–water partition coefficient (Wildman–Crippen LogP) is 5.94. The number of nitrogens with one attached hydrogen (secondary N) is 1. The van der Waals surface area contributed by atoms with Gasteiger partial charge >= 0.3 is 0 Å². The summed E-state index contributed by atoms with van der Waals surface area (Å²) < 4.78 is 12.8. The normalized spacial score (nSPS) is 10.9. The van der Waals surface area contributed by atoms with Crippen LogP contribution in [0.5, 0.6) is 11.5 Å². The van der Waals surface area contributed by atoms with Crippen molar-refractivity contribution >= 4 is 34.7 Å². The fourth-order valence-electron chi connectivity index (χ4n) is 3.21. The van der Waals surface area contributed by atoms with Gasteiger partial charge in [0.1, 0.15) is 23.0 Å². The van der Waals surface area contributed by atoms with E-state index in [1.54, 1.807) is 26.5 Å². The number of pyridine rings is 1. The monoisotopic (exact) mass is 427 g/mol. The highest BCUT2D eigenvalue weighted by atomic mass is 35.5. The van der Waals surface area contributed by atoms with E-state index < -0.39 is 0 Å². The van der Waals surface area contributed by atoms with Gasteiger partial charge in [-0.05, 0) is 29.8 Å². The van der Waals surface area contributed by atoms with E-state index in [0.717, 1.165) is 16.9 Å². The third-order valence-corrected chi connectivity index (χ3v) is 5.09. The second-order valence-electron chi connectivity index (χ2n) is 6.41. The van der Waals surface area contributed by atoms with Crippen LogP contribution in [0.1, 0.15) is 5.56 Å². The predicted molar refractivity (Wildman–Crippen MR) is 118 cm³/mol. The number of anilines is 1. The number of halogens is 2. The van der Waals surface area contributed by atoms with Gasteiger partial charge in [-0.25, -0.2) is 4.98 Å². The number of imidazole rings is 1. The minimum Gasteiger partial charge on any atom is -0.497 e. The molecule has 0 amide bonds. The Balaban J connectivity index is 1.90. The number of hydrogen-bond donors (Lipinski definition) is 1. The van der Waals surface area contributed by atoms with Crippen molar-refractivity contribution in [3.63, 3.8) is 0 Å². The Morgan fingerprint density at radius 2 is 1.79 bits per heavy atom. The second kappa shape index (κ2) is 8.23. The van der Waals surface area contributed by atoms with Crippen molar-refractivity contribution in [2.24, 2.45) is 0 Å². The number of rotatable bonds is 6. The highest BCUT2D eigenvalue weighted by Crippen LogP contribution is 2.39. The molecule has 29 heavy (non-hydrogen) atoms. The average molecular weight is 428 g/mol. The van der Waals surface area contributed by atoms with Crippen molar-refractivity contribution in [3.05, 3.63) is 76.4 Å². The van der Waals surface area contributed by atoms with E-state index in [0.29, 0.717) is 39.4 Å². The number of benzene rings is 2. The molecule has 0 fully saturated rings. The largest absolute Gasteiger partial charge is 0.497 e. The molecule has 1 N–H and O–H groups in total. The maximum atomic E-state index is 6.43. The molecule has 0 saturated heterocycles. The second-order valence-corrected chi connectivity index (χ2v) is 7.26. The van der Waals surface area contributed by atoms with Crippen molar-refractivity contribution in [2.75, 3.05) is 19.5 Å². The molecule has 7 heteroatoms. The molecule has 148 valence electrons. The van der Waals surface area contributed by atoms with Crippen LogP contribution in [0.25, 0.3) is 16.9 Å². The number of ether oxygens (including phenoxy) is 2. The van der Waals surface area contributed by atoms with Gasteiger partial charge in [0.2, 0.25) is 0 Å². The van der Waals surface area contributed by atoms with Gasteiger partial charge in [-0.1, -0.05) is 53.5 Å². The van der Waals surface area contributed by atoms with Crippen molar-refractivity contribution in [3.8, 4) is 22.8 Å². The summed E-state index contributed by atoms with van der Waals surface area (Å²) in [6.07, 6.45) is 1.79. The van der Waals surface area contributed by atoms with Crippen LogP contribution < -0.4 is 14.8 Å². The first-order valence-corrected chi connectivity index (χ1v) is 9.73. The highest BCUT2D eigenvalue weighted by molar-refractivity contribution is 6.36. The first kappa shape index (κ1) is 19.4. The minimum absolute atomic E-state index is 0.466. The molecular formula is C22H19Cl2N3O2. The minimum atomic E-state index is 0.466.